The van der Waals surface area contributed by atoms with Gasteiger partial charge >= 0.3 is 6.03 Å². The Bertz CT molecular complexity index is 2220. The second-order valence-electron chi connectivity index (χ2n) is 14.8. The van der Waals surface area contributed by atoms with Crippen LogP contribution >= 0.6 is 0 Å². The van der Waals surface area contributed by atoms with Crippen molar-refractivity contribution in [2.24, 2.45) is 0 Å². The van der Waals surface area contributed by atoms with Crippen molar-refractivity contribution in [2.75, 3.05) is 67.1 Å². The highest BCUT2D eigenvalue weighted by Crippen LogP contribution is 2.37. The number of nitrogens with one attached hydrogen (secondary N) is 1. The average Bonchev–Trinajstić information content (AvgIpc) is 3.87. The number of pyridine rings is 2. The van der Waals surface area contributed by atoms with Crippen LogP contribution in [0.5, 0.6) is 0 Å². The fraction of sp³-hybridized carbons (Fsp3) is 0.400. The molecular weight excluding hydrogens is 705 g/mol. The molecule has 5 aromatic rings. The summed E-state index contributed by atoms with van der Waals surface area (Å²) in [5.74, 6) is 0.297. The lowest BCUT2D eigenvalue weighted by Crippen LogP contribution is -2.53. The van der Waals surface area contributed by atoms with Crippen LogP contribution in [0.4, 0.5) is 30.9 Å². The molecule has 4 aromatic heterocycles. The summed E-state index contributed by atoms with van der Waals surface area (Å²) in [7, 11) is 0. The first-order valence-corrected chi connectivity index (χ1v) is 19.2. The Morgan fingerprint density at radius 1 is 0.836 bits per heavy atom. The number of likely N-dealkylation sites (tertiary alicyclic amines) is 1. The number of fused-ring (bicyclic) bond motifs is 1. The molecule has 3 amide bonds. The molecule has 284 valence electrons. The highest BCUT2D eigenvalue weighted by atomic mass is 19.1. The van der Waals surface area contributed by atoms with Gasteiger partial charge < -0.3 is 9.80 Å². The number of aromatic nitrogens is 5. The van der Waals surface area contributed by atoms with Crippen molar-refractivity contribution >= 4 is 34.9 Å². The summed E-state index contributed by atoms with van der Waals surface area (Å²) in [6.45, 7) is 7.44. The number of nitrogens with zero attached hydrogens (tertiary/aromatic N) is 10. The Labute approximate surface area is 317 Å². The Kier molecular flexibility index (Phi) is 9.56. The summed E-state index contributed by atoms with van der Waals surface area (Å²) in [6, 6.07) is 13.7. The van der Waals surface area contributed by atoms with Gasteiger partial charge in [0, 0.05) is 82.3 Å². The molecule has 0 saturated carbocycles. The number of amides is 3. The van der Waals surface area contributed by atoms with E-state index >= 15 is 0 Å². The normalized spacial score (nSPS) is 20.5. The lowest BCUT2D eigenvalue weighted by atomic mass is 10.0. The molecule has 0 spiro atoms. The molecule has 1 N–H and O–H groups in total. The minimum atomic E-state index is -0.579. The van der Waals surface area contributed by atoms with Gasteiger partial charge in [0.2, 0.25) is 5.91 Å². The molecule has 4 fully saturated rings. The minimum Gasteiger partial charge on any atom is -0.354 e. The zero-order chi connectivity index (χ0) is 37.5. The Balaban J connectivity index is 0.826. The lowest BCUT2D eigenvalue weighted by Gasteiger charge is -2.43. The summed E-state index contributed by atoms with van der Waals surface area (Å²) >= 11 is 0. The van der Waals surface area contributed by atoms with E-state index in [2.05, 4.69) is 41.1 Å². The molecule has 15 heteroatoms. The maximum Gasteiger partial charge on any atom is 0.328 e. The summed E-state index contributed by atoms with van der Waals surface area (Å²) < 4.78 is 30.2. The molecule has 0 unspecified atom stereocenters. The fourth-order valence-electron chi connectivity index (χ4n) is 8.67. The van der Waals surface area contributed by atoms with Crippen LogP contribution in [0.1, 0.15) is 49.3 Å². The van der Waals surface area contributed by atoms with Crippen molar-refractivity contribution in [3.05, 3.63) is 96.1 Å². The number of urea groups is 1. The Morgan fingerprint density at radius 3 is 2.51 bits per heavy atom. The number of carbonyl (C=O) groups excluding carboxylic acids is 2. The van der Waals surface area contributed by atoms with Crippen LogP contribution in [-0.2, 0) is 11.3 Å². The third-order valence-corrected chi connectivity index (χ3v) is 11.6. The summed E-state index contributed by atoms with van der Waals surface area (Å²) in [5, 5.41) is 6.98. The topological polar surface area (TPSA) is 118 Å². The molecule has 4 aliphatic rings. The quantitative estimate of drug-likeness (QED) is 0.232. The third kappa shape index (κ3) is 7.09. The number of hydrogen-bond acceptors (Lipinski definition) is 10. The van der Waals surface area contributed by atoms with E-state index in [9.17, 15) is 18.4 Å². The standard InChI is InChI=1S/C40H43F2N11O2/c41-28-6-7-30(32(42)23-28)34-4-2-14-51(34)37-11-18-53-39(46-37)31(24-44-53)33-3-1-5-36(45-33)50-21-19-49(20-22-50)29-9-15-48(16-10-29)26-27-8-13-43-25-35(27)52-17-12-38(54)47-40(52)55/h1,3,5-8,11,13,18,23-25,29,34H,2,4,9-10,12,14-17,19-22,26H2,(H,47,54,55)/t34-/m1/s1. The first-order chi connectivity index (χ1) is 26.9. The number of rotatable bonds is 8. The van der Waals surface area contributed by atoms with E-state index in [0.717, 1.165) is 118 Å². The van der Waals surface area contributed by atoms with Gasteiger partial charge in [-0.2, -0.15) is 5.10 Å². The second kappa shape index (κ2) is 14.9. The van der Waals surface area contributed by atoms with Crippen molar-refractivity contribution in [3.8, 4) is 11.3 Å². The third-order valence-electron chi connectivity index (χ3n) is 11.6. The predicted octanol–water partition coefficient (Wildman–Crippen LogP) is 5.04. The maximum atomic E-state index is 14.8. The van der Waals surface area contributed by atoms with Crippen molar-refractivity contribution in [1.29, 1.82) is 0 Å². The molecule has 13 nitrogen and oxygen atoms in total. The molecule has 4 saturated heterocycles. The van der Waals surface area contributed by atoms with Gasteiger partial charge in [0.25, 0.3) is 0 Å². The van der Waals surface area contributed by atoms with Gasteiger partial charge in [0.1, 0.15) is 23.3 Å². The van der Waals surface area contributed by atoms with Crippen molar-refractivity contribution in [3.63, 3.8) is 0 Å². The molecule has 4 aliphatic heterocycles. The number of imide groups is 1. The molecule has 0 aliphatic carbocycles. The largest absolute Gasteiger partial charge is 0.354 e. The van der Waals surface area contributed by atoms with Crippen LogP contribution < -0.4 is 20.0 Å². The van der Waals surface area contributed by atoms with E-state index in [1.54, 1.807) is 34.1 Å². The zero-order valence-corrected chi connectivity index (χ0v) is 30.5. The van der Waals surface area contributed by atoms with E-state index in [0.29, 0.717) is 23.8 Å². The van der Waals surface area contributed by atoms with Crippen LogP contribution in [0, 0.1) is 11.6 Å². The van der Waals surface area contributed by atoms with Crippen molar-refractivity contribution in [1.82, 2.24) is 39.7 Å². The van der Waals surface area contributed by atoms with E-state index in [1.807, 2.05) is 30.5 Å². The van der Waals surface area contributed by atoms with Crippen LogP contribution in [0.25, 0.3) is 16.9 Å². The number of hydrogen-bond donors (Lipinski definition) is 1. The molecule has 9 rings (SSSR count). The smallest absolute Gasteiger partial charge is 0.328 e. The van der Waals surface area contributed by atoms with E-state index in [-0.39, 0.29) is 24.4 Å². The molecule has 55 heavy (non-hydrogen) atoms. The highest BCUT2D eigenvalue weighted by Gasteiger charge is 2.32. The van der Waals surface area contributed by atoms with Gasteiger partial charge in [-0.15, -0.1) is 0 Å². The number of benzene rings is 1. The molecular formula is C40H43F2N11O2. The number of halogens is 2. The summed E-state index contributed by atoms with van der Waals surface area (Å²) in [6.07, 6.45) is 11.2. The van der Waals surface area contributed by atoms with Gasteiger partial charge in [-0.25, -0.2) is 28.1 Å². The Morgan fingerprint density at radius 2 is 1.69 bits per heavy atom. The number of piperidine rings is 1. The zero-order valence-electron chi connectivity index (χ0n) is 30.5. The van der Waals surface area contributed by atoms with E-state index in [4.69, 9.17) is 9.97 Å². The van der Waals surface area contributed by atoms with Gasteiger partial charge in [0.15, 0.2) is 5.65 Å². The van der Waals surface area contributed by atoms with Gasteiger partial charge in [-0.05, 0) is 74.7 Å². The Hall–Kier alpha value is -5.54. The number of anilines is 3. The van der Waals surface area contributed by atoms with Gasteiger partial charge in [0.05, 0.1) is 35.4 Å². The maximum absolute atomic E-state index is 14.8. The number of piperazine rings is 1. The fourth-order valence-corrected chi connectivity index (χ4v) is 8.67. The first-order valence-electron chi connectivity index (χ1n) is 19.2. The molecule has 8 heterocycles. The van der Waals surface area contributed by atoms with E-state index in [1.165, 1.54) is 6.07 Å². The number of carbonyl (C=O) groups is 2. The molecule has 1 aromatic carbocycles. The van der Waals surface area contributed by atoms with Gasteiger partial charge in [-0.1, -0.05) is 12.1 Å². The van der Waals surface area contributed by atoms with Crippen molar-refractivity contribution in [2.45, 2.75) is 50.7 Å². The summed E-state index contributed by atoms with van der Waals surface area (Å²) in [5.41, 5.74) is 4.59. The highest BCUT2D eigenvalue weighted by molar-refractivity contribution is 6.05. The molecule has 0 bridgehead atoms. The van der Waals surface area contributed by atoms with E-state index < -0.39 is 11.6 Å². The molecule has 1 atom stereocenters. The van der Waals surface area contributed by atoms with Crippen LogP contribution in [0.2, 0.25) is 0 Å². The van der Waals surface area contributed by atoms with Crippen LogP contribution in [-0.4, -0.2) is 105 Å². The first kappa shape index (κ1) is 35.2. The monoisotopic (exact) mass is 747 g/mol. The lowest BCUT2D eigenvalue weighted by molar-refractivity contribution is -0.120. The van der Waals surface area contributed by atoms with Crippen LogP contribution in [0.3, 0.4) is 0 Å². The predicted molar refractivity (Wildman–Crippen MR) is 204 cm³/mol. The minimum absolute atomic E-state index is 0.222. The second-order valence-corrected chi connectivity index (χ2v) is 14.8. The van der Waals surface area contributed by atoms with Crippen molar-refractivity contribution < 1.29 is 18.4 Å². The molecule has 0 radical (unpaired) electrons. The SMILES string of the molecule is O=C1CCN(c2cnccc2CN2CCC(N3CCN(c4cccc(-c5cnn6ccc(N7CCC[C@@H]7c7ccc(F)cc7F)nc56)n4)CC3)CC2)C(=O)N1. The summed E-state index contributed by atoms with van der Waals surface area (Å²) in [4.78, 5) is 49.7. The van der Waals surface area contributed by atoms with Crippen LogP contribution in [0.15, 0.2) is 73.3 Å². The van der Waals surface area contributed by atoms with Gasteiger partial charge in [-0.3, -0.25) is 29.8 Å². The average molecular weight is 748 g/mol.